The molecular weight excluding hydrogens is 202 g/mol. The molecule has 1 aliphatic rings. The van der Waals surface area contributed by atoms with E-state index in [0.717, 1.165) is 5.56 Å². The number of halogens is 2. The lowest BCUT2D eigenvalue weighted by Crippen LogP contribution is -2.17. The number of alkyl halides is 2. The quantitative estimate of drug-likeness (QED) is 0.774. The summed E-state index contributed by atoms with van der Waals surface area (Å²) in [6, 6.07) is 1.69. The molecular formula is C11H12F2O2. The molecule has 4 heteroatoms. The SMILES string of the molecule is O=C(Cc1ccoc1)C1CCC(F)(F)C1. The Balaban J connectivity index is 1.93. The van der Waals surface area contributed by atoms with Crippen LogP contribution in [0.3, 0.4) is 0 Å². The van der Waals surface area contributed by atoms with Crippen molar-refractivity contribution < 1.29 is 18.0 Å². The van der Waals surface area contributed by atoms with Gasteiger partial charge in [0.15, 0.2) is 0 Å². The Morgan fingerprint density at radius 3 is 2.93 bits per heavy atom. The summed E-state index contributed by atoms with van der Waals surface area (Å²) < 4.78 is 30.5. The third kappa shape index (κ3) is 2.43. The number of hydrogen-bond donors (Lipinski definition) is 0. The molecule has 0 aromatic carbocycles. The van der Waals surface area contributed by atoms with Gasteiger partial charge >= 0.3 is 0 Å². The molecule has 15 heavy (non-hydrogen) atoms. The molecule has 0 N–H and O–H groups in total. The molecule has 1 unspecified atom stereocenters. The third-order valence-corrected chi connectivity index (χ3v) is 2.82. The number of ketones is 1. The second-order valence-corrected chi connectivity index (χ2v) is 4.07. The number of furan rings is 1. The van der Waals surface area contributed by atoms with E-state index in [9.17, 15) is 13.6 Å². The Bertz CT molecular complexity index is 343. The molecule has 0 radical (unpaired) electrons. The first kappa shape index (κ1) is 10.3. The van der Waals surface area contributed by atoms with Crippen LogP contribution in [0.2, 0.25) is 0 Å². The Morgan fingerprint density at radius 2 is 2.40 bits per heavy atom. The Labute approximate surface area is 86.3 Å². The molecule has 1 aliphatic carbocycles. The van der Waals surface area contributed by atoms with Crippen LogP contribution in [-0.4, -0.2) is 11.7 Å². The molecule has 82 valence electrons. The first-order valence-electron chi connectivity index (χ1n) is 4.98. The highest BCUT2D eigenvalue weighted by Gasteiger charge is 2.42. The van der Waals surface area contributed by atoms with Gasteiger partial charge in [0.1, 0.15) is 5.78 Å². The smallest absolute Gasteiger partial charge is 0.248 e. The number of rotatable bonds is 3. The maximum Gasteiger partial charge on any atom is 0.248 e. The summed E-state index contributed by atoms with van der Waals surface area (Å²) in [6.45, 7) is 0. The molecule has 1 heterocycles. The van der Waals surface area contributed by atoms with Gasteiger partial charge in [-0.2, -0.15) is 0 Å². The molecule has 0 aliphatic heterocycles. The summed E-state index contributed by atoms with van der Waals surface area (Å²) in [5.74, 6) is -3.22. The predicted molar refractivity (Wildman–Crippen MR) is 49.7 cm³/mol. The van der Waals surface area contributed by atoms with E-state index >= 15 is 0 Å². The summed E-state index contributed by atoms with van der Waals surface area (Å²) >= 11 is 0. The van der Waals surface area contributed by atoms with Crippen LogP contribution >= 0.6 is 0 Å². The second-order valence-electron chi connectivity index (χ2n) is 4.07. The molecule has 1 aromatic rings. The fourth-order valence-electron chi connectivity index (χ4n) is 1.96. The minimum atomic E-state index is -2.64. The van der Waals surface area contributed by atoms with Gasteiger partial charge in [-0.1, -0.05) is 0 Å². The van der Waals surface area contributed by atoms with Gasteiger partial charge in [0.2, 0.25) is 5.92 Å². The predicted octanol–water partition coefficient (Wildman–Crippen LogP) is 2.83. The zero-order valence-corrected chi connectivity index (χ0v) is 8.21. The monoisotopic (exact) mass is 214 g/mol. The molecule has 1 aromatic heterocycles. The van der Waals surface area contributed by atoms with E-state index in [-0.39, 0.29) is 25.0 Å². The zero-order chi connectivity index (χ0) is 10.9. The molecule has 0 spiro atoms. The molecule has 1 atom stereocenters. The van der Waals surface area contributed by atoms with Crippen molar-refractivity contribution in [3.05, 3.63) is 24.2 Å². The van der Waals surface area contributed by atoms with Gasteiger partial charge in [-0.3, -0.25) is 4.79 Å². The topological polar surface area (TPSA) is 30.2 Å². The highest BCUT2D eigenvalue weighted by molar-refractivity contribution is 5.83. The minimum absolute atomic E-state index is 0.103. The van der Waals surface area contributed by atoms with E-state index < -0.39 is 11.8 Å². The normalized spacial score (nSPS) is 24.3. The first-order valence-corrected chi connectivity index (χ1v) is 4.98. The van der Waals surface area contributed by atoms with Crippen LogP contribution in [0.1, 0.15) is 24.8 Å². The number of Topliss-reactive ketones (excluding diaryl/α,β-unsaturated/α-hetero) is 1. The number of hydrogen-bond acceptors (Lipinski definition) is 2. The van der Waals surface area contributed by atoms with Crippen LogP contribution in [0, 0.1) is 5.92 Å². The lowest BCUT2D eigenvalue weighted by Gasteiger charge is -2.08. The van der Waals surface area contributed by atoms with Crippen LogP contribution in [0.5, 0.6) is 0 Å². The van der Waals surface area contributed by atoms with Crippen LogP contribution < -0.4 is 0 Å². The molecule has 0 amide bonds. The number of carbonyl (C=O) groups excluding carboxylic acids is 1. The van der Waals surface area contributed by atoms with E-state index in [2.05, 4.69) is 0 Å². The van der Waals surface area contributed by atoms with E-state index in [1.807, 2.05) is 0 Å². The van der Waals surface area contributed by atoms with Crippen LogP contribution in [0.15, 0.2) is 23.0 Å². The van der Waals surface area contributed by atoms with Crippen molar-refractivity contribution in [1.82, 2.24) is 0 Å². The zero-order valence-electron chi connectivity index (χ0n) is 8.21. The van der Waals surface area contributed by atoms with Crippen molar-refractivity contribution in [2.24, 2.45) is 5.92 Å². The van der Waals surface area contributed by atoms with Crippen molar-refractivity contribution in [2.45, 2.75) is 31.6 Å². The van der Waals surface area contributed by atoms with Gasteiger partial charge in [0.05, 0.1) is 12.5 Å². The Hall–Kier alpha value is -1.19. The van der Waals surface area contributed by atoms with E-state index in [1.165, 1.54) is 12.5 Å². The molecule has 2 nitrogen and oxygen atoms in total. The average Bonchev–Trinajstić information content (AvgIpc) is 2.74. The van der Waals surface area contributed by atoms with Crippen LogP contribution in [-0.2, 0) is 11.2 Å². The Morgan fingerprint density at radius 1 is 1.60 bits per heavy atom. The van der Waals surface area contributed by atoms with Crippen molar-refractivity contribution in [1.29, 1.82) is 0 Å². The third-order valence-electron chi connectivity index (χ3n) is 2.82. The molecule has 1 saturated carbocycles. The maximum atomic E-state index is 12.9. The lowest BCUT2D eigenvalue weighted by molar-refractivity contribution is -0.123. The summed E-state index contributed by atoms with van der Waals surface area (Å²) in [5.41, 5.74) is 0.759. The first-order chi connectivity index (χ1) is 7.07. The van der Waals surface area contributed by atoms with Gasteiger partial charge < -0.3 is 4.42 Å². The fraction of sp³-hybridized carbons (Fsp3) is 0.545. The summed E-state index contributed by atoms with van der Waals surface area (Å²) in [4.78, 5) is 11.6. The molecule has 1 fully saturated rings. The van der Waals surface area contributed by atoms with Crippen molar-refractivity contribution in [2.75, 3.05) is 0 Å². The van der Waals surface area contributed by atoms with Gasteiger partial charge in [-0.05, 0) is 18.1 Å². The van der Waals surface area contributed by atoms with E-state index in [4.69, 9.17) is 4.42 Å². The van der Waals surface area contributed by atoms with Gasteiger partial charge in [-0.15, -0.1) is 0 Å². The van der Waals surface area contributed by atoms with Crippen molar-refractivity contribution in [3.63, 3.8) is 0 Å². The average molecular weight is 214 g/mol. The summed E-state index contributed by atoms with van der Waals surface area (Å²) in [6.07, 6.45) is 3.02. The minimum Gasteiger partial charge on any atom is -0.472 e. The molecule has 0 bridgehead atoms. The fourth-order valence-corrected chi connectivity index (χ4v) is 1.96. The standard InChI is InChI=1S/C11H12F2O2/c12-11(13)3-1-9(6-11)10(14)5-8-2-4-15-7-8/h2,4,7,9H,1,3,5-6H2. The van der Waals surface area contributed by atoms with Gasteiger partial charge in [0.25, 0.3) is 0 Å². The summed E-state index contributed by atoms with van der Waals surface area (Å²) in [7, 11) is 0. The van der Waals surface area contributed by atoms with Gasteiger partial charge in [-0.25, -0.2) is 8.78 Å². The van der Waals surface area contributed by atoms with E-state index in [0.29, 0.717) is 6.42 Å². The largest absolute Gasteiger partial charge is 0.472 e. The Kier molecular flexibility index (Phi) is 2.59. The number of carbonyl (C=O) groups is 1. The summed E-state index contributed by atoms with van der Waals surface area (Å²) in [5, 5.41) is 0. The maximum absolute atomic E-state index is 12.9. The second kappa shape index (κ2) is 3.76. The van der Waals surface area contributed by atoms with Crippen molar-refractivity contribution >= 4 is 5.78 Å². The van der Waals surface area contributed by atoms with E-state index in [1.54, 1.807) is 6.07 Å². The van der Waals surface area contributed by atoms with Crippen LogP contribution in [0.4, 0.5) is 8.78 Å². The molecule has 0 saturated heterocycles. The van der Waals surface area contributed by atoms with Crippen molar-refractivity contribution in [3.8, 4) is 0 Å². The highest BCUT2D eigenvalue weighted by atomic mass is 19.3. The highest BCUT2D eigenvalue weighted by Crippen LogP contribution is 2.39. The van der Waals surface area contributed by atoms with Crippen LogP contribution in [0.25, 0.3) is 0 Å². The molecule has 2 rings (SSSR count). The lowest BCUT2D eigenvalue weighted by atomic mass is 9.98. The van der Waals surface area contributed by atoms with Gasteiger partial charge in [0, 0.05) is 25.2 Å².